The summed E-state index contributed by atoms with van der Waals surface area (Å²) < 4.78 is 0. The number of amidine groups is 1. The van der Waals surface area contributed by atoms with E-state index in [-0.39, 0.29) is 10.6 Å². The molecule has 0 aliphatic carbocycles. The molecule has 0 unspecified atom stereocenters. The summed E-state index contributed by atoms with van der Waals surface area (Å²) in [5, 5.41) is 11.6. The summed E-state index contributed by atoms with van der Waals surface area (Å²) in [6.45, 7) is 0. The predicted octanol–water partition coefficient (Wildman–Crippen LogP) is 1.86. The quantitative estimate of drug-likeness (QED) is 0.371. The number of carbonyl (C=O) groups is 1. The highest BCUT2D eigenvalue weighted by atomic mass is 35.5. The summed E-state index contributed by atoms with van der Waals surface area (Å²) in [4.78, 5) is 15.2. The monoisotopic (exact) mass is 268 g/mol. The van der Waals surface area contributed by atoms with Crippen LogP contribution in [0.4, 0.5) is 5.69 Å². The fraction of sp³-hybridized carbons (Fsp3) is 0.100. The largest absolute Gasteiger partial charge is 0.366 e. The molecule has 5 nitrogen and oxygen atoms in total. The number of thioether (sulfide) groups is 1. The maximum atomic E-state index is 11.1. The van der Waals surface area contributed by atoms with E-state index in [1.807, 2.05) is 0 Å². The lowest BCUT2D eigenvalue weighted by Crippen LogP contribution is -2.13. The minimum atomic E-state index is -0.619. The molecule has 0 radical (unpaired) electrons. The number of primary amides is 1. The van der Waals surface area contributed by atoms with Crippen LogP contribution >= 0.6 is 23.4 Å². The normalized spacial score (nSPS) is 10.8. The number of amides is 1. The Morgan fingerprint density at radius 2 is 2.35 bits per heavy atom. The molecule has 0 atom stereocenters. The predicted molar refractivity (Wildman–Crippen MR) is 69.3 cm³/mol. The van der Waals surface area contributed by atoms with Crippen molar-refractivity contribution in [1.82, 2.24) is 5.32 Å². The van der Waals surface area contributed by atoms with E-state index in [1.165, 1.54) is 23.9 Å². The summed E-state index contributed by atoms with van der Waals surface area (Å²) in [5.41, 5.74) is 5.86. The van der Waals surface area contributed by atoms with Crippen molar-refractivity contribution in [2.45, 2.75) is 0 Å². The van der Waals surface area contributed by atoms with Gasteiger partial charge >= 0.3 is 0 Å². The average Bonchev–Trinajstić information content (AvgIpc) is 2.30. The number of nitrogens with zero attached hydrogens (tertiary/aromatic N) is 2. The van der Waals surface area contributed by atoms with Crippen LogP contribution in [0.3, 0.4) is 0 Å². The lowest BCUT2D eigenvalue weighted by atomic mass is 10.2. The van der Waals surface area contributed by atoms with Crippen molar-refractivity contribution in [2.24, 2.45) is 10.7 Å². The number of carbonyl (C=O) groups excluding carboxylic acids is 1. The Morgan fingerprint density at radius 3 is 2.88 bits per heavy atom. The topological polar surface area (TPSA) is 91.3 Å². The molecule has 0 spiro atoms. The molecular formula is C10H9ClN4OS. The van der Waals surface area contributed by atoms with E-state index >= 15 is 0 Å². The molecule has 1 aromatic carbocycles. The van der Waals surface area contributed by atoms with Gasteiger partial charge in [-0.1, -0.05) is 23.4 Å². The second-order valence-electron chi connectivity index (χ2n) is 2.89. The molecule has 0 fully saturated rings. The van der Waals surface area contributed by atoms with Gasteiger partial charge in [0.2, 0.25) is 5.91 Å². The number of nitrogens with one attached hydrogen (secondary N) is 1. The number of rotatable bonds is 2. The number of halogens is 1. The highest BCUT2D eigenvalue weighted by Crippen LogP contribution is 2.22. The molecule has 1 rings (SSSR count). The van der Waals surface area contributed by atoms with Crippen LogP contribution < -0.4 is 11.1 Å². The average molecular weight is 269 g/mol. The zero-order valence-corrected chi connectivity index (χ0v) is 10.5. The van der Waals surface area contributed by atoms with E-state index in [4.69, 9.17) is 22.6 Å². The van der Waals surface area contributed by atoms with Gasteiger partial charge in [-0.3, -0.25) is 10.1 Å². The smallest absolute Gasteiger partial charge is 0.250 e. The second kappa shape index (κ2) is 6.13. The van der Waals surface area contributed by atoms with Crippen LogP contribution in [0.5, 0.6) is 0 Å². The van der Waals surface area contributed by atoms with Crippen molar-refractivity contribution in [3.05, 3.63) is 28.8 Å². The molecule has 0 bridgehead atoms. The lowest BCUT2D eigenvalue weighted by Gasteiger charge is -2.03. The van der Waals surface area contributed by atoms with E-state index < -0.39 is 5.91 Å². The van der Waals surface area contributed by atoms with Crippen LogP contribution in [-0.4, -0.2) is 17.3 Å². The minimum Gasteiger partial charge on any atom is -0.366 e. The van der Waals surface area contributed by atoms with Crippen LogP contribution in [-0.2, 0) is 0 Å². The van der Waals surface area contributed by atoms with Gasteiger partial charge in [0.15, 0.2) is 11.4 Å². The maximum absolute atomic E-state index is 11.1. The Kier molecular flexibility index (Phi) is 4.82. The Labute approximate surface area is 108 Å². The molecule has 1 aromatic rings. The maximum Gasteiger partial charge on any atom is 0.250 e. The van der Waals surface area contributed by atoms with Crippen molar-refractivity contribution in [1.29, 1.82) is 5.26 Å². The van der Waals surface area contributed by atoms with Gasteiger partial charge in [-0.25, -0.2) is 4.99 Å². The highest BCUT2D eigenvalue weighted by molar-refractivity contribution is 8.13. The first kappa shape index (κ1) is 13.4. The van der Waals surface area contributed by atoms with Gasteiger partial charge in [0.25, 0.3) is 0 Å². The summed E-state index contributed by atoms with van der Waals surface area (Å²) in [6, 6.07) is 4.63. The van der Waals surface area contributed by atoms with Crippen LogP contribution in [0.2, 0.25) is 5.02 Å². The lowest BCUT2D eigenvalue weighted by molar-refractivity contribution is 0.100. The zero-order valence-electron chi connectivity index (χ0n) is 8.90. The molecule has 0 saturated carbocycles. The Morgan fingerprint density at radius 1 is 1.65 bits per heavy atom. The molecule has 1 amide bonds. The molecule has 0 aromatic heterocycles. The SMILES string of the molecule is CSC(=Nc1ccc(Cl)c(C(N)=O)c1)NC#N. The van der Waals surface area contributed by atoms with Gasteiger partial charge in [0.05, 0.1) is 16.3 Å². The standard InChI is InChI=1S/C10H9ClN4OS/c1-17-10(14-5-12)15-6-2-3-8(11)7(4-6)9(13)16/h2-4H,1H3,(H2,13,16)(H,14,15). The molecule has 0 heterocycles. The van der Waals surface area contributed by atoms with Crippen molar-refractivity contribution >= 4 is 40.1 Å². The van der Waals surface area contributed by atoms with Gasteiger partial charge < -0.3 is 5.73 Å². The Hall–Kier alpha value is -1.71. The molecule has 0 aliphatic heterocycles. The molecular weight excluding hydrogens is 260 g/mol. The molecule has 3 N–H and O–H groups in total. The van der Waals surface area contributed by atoms with E-state index in [9.17, 15) is 4.79 Å². The Bertz CT molecular complexity index is 510. The van der Waals surface area contributed by atoms with Crippen molar-refractivity contribution < 1.29 is 4.79 Å². The highest BCUT2D eigenvalue weighted by Gasteiger charge is 2.07. The van der Waals surface area contributed by atoms with Crippen LogP contribution in [0.25, 0.3) is 0 Å². The van der Waals surface area contributed by atoms with Gasteiger partial charge in [-0.2, -0.15) is 5.26 Å². The van der Waals surface area contributed by atoms with E-state index in [1.54, 1.807) is 18.5 Å². The van der Waals surface area contributed by atoms with Crippen LogP contribution in [0.15, 0.2) is 23.2 Å². The molecule has 88 valence electrons. The van der Waals surface area contributed by atoms with Crippen molar-refractivity contribution in [3.8, 4) is 6.19 Å². The number of benzene rings is 1. The first-order chi connectivity index (χ1) is 8.08. The number of hydrogen-bond acceptors (Lipinski definition) is 4. The third-order valence-corrected chi connectivity index (χ3v) is 2.71. The van der Waals surface area contributed by atoms with E-state index in [2.05, 4.69) is 10.3 Å². The van der Waals surface area contributed by atoms with E-state index in [0.29, 0.717) is 10.9 Å². The minimum absolute atomic E-state index is 0.199. The van der Waals surface area contributed by atoms with Crippen molar-refractivity contribution in [2.75, 3.05) is 6.26 Å². The van der Waals surface area contributed by atoms with Crippen LogP contribution in [0.1, 0.15) is 10.4 Å². The molecule has 0 saturated heterocycles. The summed E-state index contributed by atoms with van der Waals surface area (Å²) in [5.74, 6) is -0.619. The third kappa shape index (κ3) is 3.66. The molecule has 17 heavy (non-hydrogen) atoms. The summed E-state index contributed by atoms with van der Waals surface area (Å²) >= 11 is 7.08. The first-order valence-corrected chi connectivity index (χ1v) is 6.06. The van der Waals surface area contributed by atoms with Crippen LogP contribution in [0, 0.1) is 11.5 Å². The summed E-state index contributed by atoms with van der Waals surface area (Å²) in [6.07, 6.45) is 3.54. The number of hydrogen-bond donors (Lipinski definition) is 2. The fourth-order valence-electron chi connectivity index (χ4n) is 1.06. The van der Waals surface area contributed by atoms with Crippen molar-refractivity contribution in [3.63, 3.8) is 0 Å². The number of nitrogens with two attached hydrogens (primary N) is 1. The molecule has 7 heteroatoms. The van der Waals surface area contributed by atoms with Gasteiger partial charge in [-0.05, 0) is 24.5 Å². The number of aliphatic imine (C=N–C) groups is 1. The summed E-state index contributed by atoms with van der Waals surface area (Å²) in [7, 11) is 0. The molecule has 0 aliphatic rings. The van der Waals surface area contributed by atoms with E-state index in [0.717, 1.165) is 0 Å². The van der Waals surface area contributed by atoms with Gasteiger partial charge in [0, 0.05) is 0 Å². The fourth-order valence-corrected chi connectivity index (χ4v) is 1.62. The third-order valence-electron chi connectivity index (χ3n) is 1.80. The Balaban J connectivity index is 3.12. The van der Waals surface area contributed by atoms with Gasteiger partial charge in [-0.15, -0.1) is 0 Å². The zero-order chi connectivity index (χ0) is 12.8. The number of nitriles is 1. The first-order valence-electron chi connectivity index (χ1n) is 4.45. The second-order valence-corrected chi connectivity index (χ2v) is 4.09. The van der Waals surface area contributed by atoms with Gasteiger partial charge in [0.1, 0.15) is 0 Å².